The fourth-order valence-corrected chi connectivity index (χ4v) is 18.3. The molecule has 0 radical (unpaired) electrons. The zero-order valence-corrected chi connectivity index (χ0v) is 69.9. The lowest BCUT2D eigenvalue weighted by Gasteiger charge is -2.30. The minimum Gasteiger partial charge on any atom is -0.453 e. The zero-order valence-electron chi connectivity index (χ0n) is 69.9. The molecule has 16 rings (SSSR count). The smallest absolute Gasteiger partial charge is 0.407 e. The first-order chi connectivity index (χ1) is 58.0. The van der Waals surface area contributed by atoms with Crippen LogP contribution in [0.2, 0.25) is 0 Å². The number of rotatable bonds is 22. The summed E-state index contributed by atoms with van der Waals surface area (Å²) in [6.45, 7) is 17.6. The summed E-state index contributed by atoms with van der Waals surface area (Å²) >= 11 is 0. The second-order valence-electron chi connectivity index (χ2n) is 33.1. The summed E-state index contributed by atoms with van der Waals surface area (Å²) in [6, 6.07) is 17.6. The van der Waals surface area contributed by atoms with Gasteiger partial charge in [-0.25, -0.2) is 39.1 Å². The van der Waals surface area contributed by atoms with E-state index in [2.05, 4.69) is 136 Å². The summed E-state index contributed by atoms with van der Waals surface area (Å²) in [5, 5.41) is 13.0. The number of H-pyrrole nitrogens is 6. The van der Waals surface area contributed by atoms with Crippen LogP contribution in [0.4, 0.5) is 19.2 Å². The molecule has 4 aromatic carbocycles. The maximum absolute atomic E-state index is 13.7. The van der Waals surface area contributed by atoms with Crippen molar-refractivity contribution in [2.75, 3.05) is 54.6 Å². The molecule has 8 atom stereocenters. The fourth-order valence-electron chi connectivity index (χ4n) is 18.3. The zero-order chi connectivity index (χ0) is 84.5. The van der Waals surface area contributed by atoms with Gasteiger partial charge in [-0.2, -0.15) is 0 Å². The number of benzene rings is 4. The first-order valence-corrected chi connectivity index (χ1v) is 41.6. The number of nitrogens with one attached hydrogen (secondary N) is 10. The quantitative estimate of drug-likeness (QED) is 0.0282. The number of carbonyl (C=O) groups excluding carboxylic acids is 8. The molecule has 0 unspecified atom stereocenters. The van der Waals surface area contributed by atoms with Crippen molar-refractivity contribution in [2.24, 2.45) is 23.7 Å². The van der Waals surface area contributed by atoms with Gasteiger partial charge in [0.25, 0.3) is 0 Å². The van der Waals surface area contributed by atoms with Crippen LogP contribution in [0.5, 0.6) is 0 Å². The second-order valence-corrected chi connectivity index (χ2v) is 33.1. The standard InChI is InChI=1S/2C45H53N9O6/c1-24(2)37(51-44(57)59-5)42(55)53-20-8-12-35(53)40-47-22-33(49-40)30-16-14-28(26-10-7-11-27(26)30)29-15-17-32(39-31(29)18-19-46-39)34-23-48-41(50-34)36-13-9-21-54(36)43(56)38(25(3)4)52-45(58)60-6;1-24(2)37(51-44(57)59-5)42(55)53-20-8-12-35(53)40-47-22-33(49-40)29-15-14-28(26-10-7-11-27(26)29)31-17-16-30(32-18-19-46-39(31)32)34-23-48-41(50-34)36-13-9-21-54(36)43(56)38(25(3)4)52-45(58)60-6/h7,10,14-19,22-25,35-38,46H,8-9,11-13,20-21H2,1-6H3,(H,47,49)(H,48,50)(H,51,57)(H,52,58);7,11,14-19,22-25,35-38,46H,8-10,12-13,20-21H2,1-6H3,(H,47,49)(H,48,50)(H,51,57)(H,52,58)/t2*35-,36-,37-,38-/m00/s1. The van der Waals surface area contributed by atoms with Crippen molar-refractivity contribution in [2.45, 2.75) is 168 Å². The Morgan fingerprint density at radius 1 is 0.358 bits per heavy atom. The van der Waals surface area contributed by atoms with Gasteiger partial charge >= 0.3 is 24.4 Å². The third kappa shape index (κ3) is 16.0. The molecular formula is C90H106N18O12. The first-order valence-electron chi connectivity index (χ1n) is 41.6. The van der Waals surface area contributed by atoms with Crippen molar-refractivity contribution in [3.63, 3.8) is 0 Å². The minimum absolute atomic E-state index is 0.116. The molecular weight excluding hydrogens is 1530 g/mol. The van der Waals surface area contributed by atoms with Crippen molar-refractivity contribution >= 4 is 82.0 Å². The molecule has 120 heavy (non-hydrogen) atoms. The predicted octanol–water partition coefficient (Wildman–Crippen LogP) is 14.5. The molecule has 628 valence electrons. The molecule has 0 saturated carbocycles. The number of nitrogens with zero attached hydrogens (tertiary/aromatic N) is 8. The van der Waals surface area contributed by atoms with Crippen LogP contribution in [-0.2, 0) is 51.0 Å². The van der Waals surface area contributed by atoms with Gasteiger partial charge in [0.2, 0.25) is 23.6 Å². The van der Waals surface area contributed by atoms with E-state index in [9.17, 15) is 38.4 Å². The van der Waals surface area contributed by atoms with Crippen molar-refractivity contribution in [3.8, 4) is 67.3 Å². The summed E-state index contributed by atoms with van der Waals surface area (Å²) in [5.74, 6) is 1.84. The Morgan fingerprint density at radius 3 is 1.04 bits per heavy atom. The van der Waals surface area contributed by atoms with Crippen LogP contribution in [0.25, 0.3) is 101 Å². The lowest BCUT2D eigenvalue weighted by molar-refractivity contribution is -0.136. The van der Waals surface area contributed by atoms with Gasteiger partial charge in [0.1, 0.15) is 47.5 Å². The van der Waals surface area contributed by atoms with Crippen LogP contribution in [0.15, 0.2) is 110 Å². The normalized spacial score (nSPS) is 18.3. The highest BCUT2D eigenvalue weighted by atomic mass is 16.5. The van der Waals surface area contributed by atoms with Crippen LogP contribution in [0.3, 0.4) is 0 Å². The monoisotopic (exact) mass is 1630 g/mol. The first kappa shape index (κ1) is 82.3. The van der Waals surface area contributed by atoms with Crippen molar-refractivity contribution < 1.29 is 57.3 Å². The minimum atomic E-state index is -0.706. The number of hydrogen-bond donors (Lipinski definition) is 10. The van der Waals surface area contributed by atoms with Gasteiger partial charge < -0.3 is 89.7 Å². The molecule has 8 amide bonds. The Labute approximate surface area is 695 Å². The number of fused-ring (bicyclic) bond motifs is 4. The molecule has 4 aliphatic heterocycles. The number of hydrogen-bond acceptors (Lipinski definition) is 16. The van der Waals surface area contributed by atoms with Crippen LogP contribution in [0.1, 0.15) is 176 Å². The maximum Gasteiger partial charge on any atom is 0.407 e. The Hall–Kier alpha value is -12.8. The Morgan fingerprint density at radius 2 is 0.650 bits per heavy atom. The van der Waals surface area contributed by atoms with Crippen LogP contribution >= 0.6 is 0 Å². The van der Waals surface area contributed by atoms with Gasteiger partial charge in [0.15, 0.2) is 0 Å². The fraction of sp³-hybridized carbons (Fsp3) is 0.422. The van der Waals surface area contributed by atoms with Crippen molar-refractivity contribution in [3.05, 3.63) is 156 Å². The molecule has 2 aliphatic carbocycles. The van der Waals surface area contributed by atoms with E-state index in [1.54, 1.807) is 0 Å². The van der Waals surface area contributed by atoms with Crippen LogP contribution in [0, 0.1) is 23.7 Å². The van der Waals surface area contributed by atoms with E-state index in [0.717, 1.165) is 176 Å². The van der Waals surface area contributed by atoms with Crippen LogP contribution < -0.4 is 21.3 Å². The number of ether oxygens (including phenoxy) is 4. The van der Waals surface area contributed by atoms with Gasteiger partial charge in [-0.15, -0.1) is 0 Å². The molecule has 4 fully saturated rings. The van der Waals surface area contributed by atoms with E-state index in [1.165, 1.54) is 39.6 Å². The molecule has 30 heteroatoms. The summed E-state index contributed by atoms with van der Waals surface area (Å²) in [6.07, 6.45) is 25.5. The second kappa shape index (κ2) is 35.0. The highest BCUT2D eigenvalue weighted by Crippen LogP contribution is 2.46. The highest BCUT2D eigenvalue weighted by molar-refractivity contribution is 6.06. The predicted molar refractivity (Wildman–Crippen MR) is 455 cm³/mol. The lowest BCUT2D eigenvalue weighted by Crippen LogP contribution is -2.51. The third-order valence-electron chi connectivity index (χ3n) is 24.5. The average molecular weight is 1630 g/mol. The third-order valence-corrected chi connectivity index (χ3v) is 24.5. The average Bonchev–Trinajstić information content (AvgIpc) is 1.58. The highest BCUT2D eigenvalue weighted by Gasteiger charge is 2.43. The number of alkyl carbamates (subject to hydrolysis) is 4. The summed E-state index contributed by atoms with van der Waals surface area (Å²) in [5.41, 5.74) is 18.6. The van der Waals surface area contributed by atoms with E-state index >= 15 is 0 Å². The summed E-state index contributed by atoms with van der Waals surface area (Å²) in [7, 11) is 5.18. The van der Waals surface area contributed by atoms with Gasteiger partial charge in [0.05, 0.1) is 111 Å². The van der Waals surface area contributed by atoms with E-state index in [0.29, 0.717) is 37.8 Å². The summed E-state index contributed by atoms with van der Waals surface area (Å²) in [4.78, 5) is 151. The Balaban J connectivity index is 0.000000187. The number of allylic oxidation sites excluding steroid dienone is 2. The lowest BCUT2D eigenvalue weighted by atomic mass is 9.90. The van der Waals surface area contributed by atoms with E-state index in [4.69, 9.17) is 38.9 Å². The maximum atomic E-state index is 13.7. The van der Waals surface area contributed by atoms with Gasteiger partial charge in [-0.1, -0.05) is 128 Å². The Kier molecular flexibility index (Phi) is 24.0. The SMILES string of the molecule is COC(=O)N[C@H](C(=O)N1CCC[C@H]1c1ncc(-c2ccc(-c3ccc(-c4cnc([C@@H]5CCCN5C(=O)[C@@H](NC(=O)OC)C(C)C)[nH]4)c4[nH]ccc34)c3c2CC=C3)[nH]1)C(C)C.COC(=O)N[C@H](C(=O)N1CCC[C@H]1c1ncc(-c2ccc(-c3ccc(-c4cnc([C@@H]5CCCN5C(=O)[C@@H](NC(=O)OC)C(C)C)[nH]4)c4cc[nH]c34)c3c2C=CC3)[nH]1)C(C)C. The van der Waals surface area contributed by atoms with E-state index in [-0.39, 0.29) is 71.5 Å². The van der Waals surface area contributed by atoms with Gasteiger partial charge in [-0.05, 0) is 139 Å². The molecule has 10 aromatic rings. The topological polar surface area (TPSA) is 381 Å². The molecule has 10 N–H and O–H groups in total. The molecule has 6 aliphatic rings. The van der Waals surface area contributed by atoms with E-state index in [1.807, 2.05) is 112 Å². The Bertz CT molecular complexity index is 5600. The van der Waals surface area contributed by atoms with Crippen molar-refractivity contribution in [1.29, 1.82) is 0 Å². The molecule has 4 saturated heterocycles. The number of carbonyl (C=O) groups is 8. The molecule has 0 bridgehead atoms. The number of likely N-dealkylation sites (tertiary alicyclic amines) is 4. The number of aromatic amines is 6. The molecule has 10 heterocycles. The number of aromatic nitrogens is 10. The van der Waals surface area contributed by atoms with E-state index < -0.39 is 48.5 Å². The molecule has 6 aromatic heterocycles. The number of methoxy groups -OCH3 is 4. The molecule has 0 spiro atoms. The van der Waals surface area contributed by atoms with Gasteiger partial charge in [0, 0.05) is 77.2 Å². The number of imidazole rings is 4. The largest absolute Gasteiger partial charge is 0.453 e. The molecule has 30 nitrogen and oxygen atoms in total. The van der Waals surface area contributed by atoms with Crippen LogP contribution in [-0.4, -0.2) is 196 Å². The number of amides is 8. The van der Waals surface area contributed by atoms with Gasteiger partial charge in [-0.3, -0.25) is 19.2 Å². The van der Waals surface area contributed by atoms with Crippen molar-refractivity contribution in [1.82, 2.24) is 90.7 Å². The summed E-state index contributed by atoms with van der Waals surface area (Å²) < 4.78 is 19.2.